The predicted octanol–water partition coefficient (Wildman–Crippen LogP) is 4.88. The van der Waals surface area contributed by atoms with Crippen molar-refractivity contribution in [2.24, 2.45) is 0 Å². The number of carbonyl (C=O) groups excluding carboxylic acids is 1. The molecule has 3 heteroatoms. The average Bonchev–Trinajstić information content (AvgIpc) is 2.81. The van der Waals surface area contributed by atoms with E-state index in [2.05, 4.69) is 0 Å². The lowest BCUT2D eigenvalue weighted by atomic mass is 10.1. The third kappa shape index (κ3) is 2.61. The van der Waals surface area contributed by atoms with Gasteiger partial charge in [-0.25, -0.2) is 0 Å². The molecule has 100 valence electrons. The fraction of sp³-hybridized carbons (Fsp3) is 0.118. The number of furan rings is 1. The van der Waals surface area contributed by atoms with Crippen molar-refractivity contribution in [1.29, 1.82) is 0 Å². The Morgan fingerprint density at radius 2 is 1.85 bits per heavy atom. The highest BCUT2D eigenvalue weighted by atomic mass is 35.5. The van der Waals surface area contributed by atoms with E-state index >= 15 is 0 Å². The normalized spacial score (nSPS) is 10.9. The van der Waals surface area contributed by atoms with Crippen molar-refractivity contribution >= 4 is 28.4 Å². The van der Waals surface area contributed by atoms with Crippen molar-refractivity contribution in [3.63, 3.8) is 0 Å². The molecule has 3 aromatic rings. The maximum absolute atomic E-state index is 11.1. The van der Waals surface area contributed by atoms with Gasteiger partial charge < -0.3 is 4.42 Å². The molecule has 20 heavy (non-hydrogen) atoms. The highest BCUT2D eigenvalue weighted by molar-refractivity contribution is 6.31. The second kappa shape index (κ2) is 5.14. The van der Waals surface area contributed by atoms with Gasteiger partial charge in [0, 0.05) is 22.4 Å². The molecule has 0 atom stereocenters. The molecule has 2 nitrogen and oxygen atoms in total. The Hall–Kier alpha value is -2.06. The van der Waals surface area contributed by atoms with Crippen LogP contribution >= 0.6 is 11.6 Å². The molecule has 0 saturated heterocycles. The molecular formula is C17H13ClO2. The predicted molar refractivity (Wildman–Crippen MR) is 81.0 cm³/mol. The summed E-state index contributed by atoms with van der Waals surface area (Å²) in [5.41, 5.74) is 2.82. The first kappa shape index (κ1) is 12.9. The second-order valence-corrected chi connectivity index (χ2v) is 5.30. The summed E-state index contributed by atoms with van der Waals surface area (Å²) in [5, 5.41) is 1.68. The van der Waals surface area contributed by atoms with Gasteiger partial charge in [0.05, 0.1) is 0 Å². The fourth-order valence-electron chi connectivity index (χ4n) is 2.23. The number of Topliss-reactive ketones (excluding diaryl/α,β-unsaturated/α-hetero) is 1. The summed E-state index contributed by atoms with van der Waals surface area (Å²) in [6, 6.07) is 15.4. The smallest absolute Gasteiger partial charge is 0.135 e. The summed E-state index contributed by atoms with van der Waals surface area (Å²) in [4.78, 5) is 11.1. The molecule has 0 fully saturated rings. The summed E-state index contributed by atoms with van der Waals surface area (Å²) in [6.07, 6.45) is 0.468. The summed E-state index contributed by atoms with van der Waals surface area (Å²) in [7, 11) is 0. The number of hydrogen-bond acceptors (Lipinski definition) is 2. The minimum atomic E-state index is 0.163. The van der Waals surface area contributed by atoms with E-state index in [0.717, 1.165) is 27.9 Å². The van der Waals surface area contributed by atoms with E-state index in [9.17, 15) is 4.79 Å². The van der Waals surface area contributed by atoms with Gasteiger partial charge in [0.1, 0.15) is 17.1 Å². The molecule has 2 aromatic carbocycles. The second-order valence-electron chi connectivity index (χ2n) is 4.87. The van der Waals surface area contributed by atoms with Crippen LogP contribution in [0.4, 0.5) is 0 Å². The Labute approximate surface area is 122 Å². The Morgan fingerprint density at radius 3 is 2.55 bits per heavy atom. The van der Waals surface area contributed by atoms with Crippen molar-refractivity contribution in [3.8, 4) is 11.3 Å². The van der Waals surface area contributed by atoms with E-state index < -0.39 is 0 Å². The third-order valence-corrected chi connectivity index (χ3v) is 3.40. The first-order valence-corrected chi connectivity index (χ1v) is 6.77. The van der Waals surface area contributed by atoms with Crippen LogP contribution in [0.15, 0.2) is 52.9 Å². The third-order valence-electron chi connectivity index (χ3n) is 3.17. The van der Waals surface area contributed by atoms with Gasteiger partial charge in [0.25, 0.3) is 0 Å². The largest absolute Gasteiger partial charge is 0.456 e. The monoisotopic (exact) mass is 284 g/mol. The molecule has 3 rings (SSSR count). The van der Waals surface area contributed by atoms with Gasteiger partial charge in [0.15, 0.2) is 0 Å². The SMILES string of the molecule is CC(=O)Cc1ccc(-c2cc3cc(Cl)ccc3o2)cc1. The number of benzene rings is 2. The fourth-order valence-corrected chi connectivity index (χ4v) is 2.41. The number of hydrogen-bond donors (Lipinski definition) is 0. The molecule has 1 heterocycles. The number of carbonyl (C=O) groups is 1. The lowest BCUT2D eigenvalue weighted by Gasteiger charge is -2.00. The van der Waals surface area contributed by atoms with Gasteiger partial charge in [-0.15, -0.1) is 0 Å². The Bertz CT molecular complexity index is 769. The van der Waals surface area contributed by atoms with Crippen LogP contribution in [-0.2, 0) is 11.2 Å². The lowest BCUT2D eigenvalue weighted by Crippen LogP contribution is -1.95. The van der Waals surface area contributed by atoms with E-state index in [1.807, 2.05) is 48.5 Å². The highest BCUT2D eigenvalue weighted by Crippen LogP contribution is 2.29. The molecule has 0 aliphatic heterocycles. The Balaban J connectivity index is 1.96. The van der Waals surface area contributed by atoms with E-state index in [0.29, 0.717) is 11.4 Å². The van der Waals surface area contributed by atoms with E-state index in [4.69, 9.17) is 16.0 Å². The number of halogens is 1. The van der Waals surface area contributed by atoms with Gasteiger partial charge >= 0.3 is 0 Å². The first-order chi connectivity index (χ1) is 9.61. The lowest BCUT2D eigenvalue weighted by molar-refractivity contribution is -0.116. The summed E-state index contributed by atoms with van der Waals surface area (Å²) >= 11 is 5.97. The van der Waals surface area contributed by atoms with Gasteiger partial charge in [-0.3, -0.25) is 4.79 Å². The maximum atomic E-state index is 11.1. The van der Waals surface area contributed by atoms with Crippen LogP contribution in [0.25, 0.3) is 22.3 Å². The molecule has 0 bridgehead atoms. The van der Waals surface area contributed by atoms with Crippen molar-refractivity contribution in [3.05, 3.63) is 59.1 Å². The molecule has 0 saturated carbocycles. The van der Waals surface area contributed by atoms with Crippen LogP contribution in [0.5, 0.6) is 0 Å². The van der Waals surface area contributed by atoms with Crippen molar-refractivity contribution in [2.75, 3.05) is 0 Å². The van der Waals surface area contributed by atoms with Gasteiger partial charge in [-0.2, -0.15) is 0 Å². The van der Waals surface area contributed by atoms with Crippen LogP contribution in [0.3, 0.4) is 0 Å². The van der Waals surface area contributed by atoms with E-state index in [1.165, 1.54) is 0 Å². The van der Waals surface area contributed by atoms with Crippen LogP contribution in [0, 0.1) is 0 Å². The number of rotatable bonds is 3. The zero-order chi connectivity index (χ0) is 14.1. The summed E-state index contributed by atoms with van der Waals surface area (Å²) < 4.78 is 5.80. The zero-order valence-electron chi connectivity index (χ0n) is 11.0. The molecular weight excluding hydrogens is 272 g/mol. The molecule has 0 aliphatic rings. The van der Waals surface area contributed by atoms with Crippen molar-refractivity contribution < 1.29 is 9.21 Å². The average molecular weight is 285 g/mol. The quantitative estimate of drug-likeness (QED) is 0.686. The molecule has 0 amide bonds. The van der Waals surface area contributed by atoms with Crippen molar-refractivity contribution in [2.45, 2.75) is 13.3 Å². The van der Waals surface area contributed by atoms with E-state index in [1.54, 1.807) is 6.92 Å². The maximum Gasteiger partial charge on any atom is 0.135 e. The molecule has 0 N–H and O–H groups in total. The highest BCUT2D eigenvalue weighted by Gasteiger charge is 2.07. The van der Waals surface area contributed by atoms with Crippen LogP contribution in [-0.4, -0.2) is 5.78 Å². The van der Waals surface area contributed by atoms with E-state index in [-0.39, 0.29) is 5.78 Å². The Kier molecular flexibility index (Phi) is 3.33. The number of ketones is 1. The van der Waals surface area contributed by atoms with Gasteiger partial charge in [0.2, 0.25) is 0 Å². The Morgan fingerprint density at radius 1 is 1.10 bits per heavy atom. The summed E-state index contributed by atoms with van der Waals surface area (Å²) in [6.45, 7) is 1.59. The van der Waals surface area contributed by atoms with Crippen LogP contribution in [0.2, 0.25) is 5.02 Å². The van der Waals surface area contributed by atoms with Crippen LogP contribution < -0.4 is 0 Å². The molecule has 0 spiro atoms. The molecule has 0 radical (unpaired) electrons. The molecule has 0 unspecified atom stereocenters. The zero-order valence-corrected chi connectivity index (χ0v) is 11.8. The standard InChI is InChI=1S/C17H13ClO2/c1-11(19)8-12-2-4-13(5-3-12)17-10-14-9-15(18)6-7-16(14)20-17/h2-7,9-10H,8H2,1H3. The summed E-state index contributed by atoms with van der Waals surface area (Å²) in [5.74, 6) is 0.966. The van der Waals surface area contributed by atoms with Gasteiger partial charge in [-0.05, 0) is 36.8 Å². The minimum Gasteiger partial charge on any atom is -0.456 e. The van der Waals surface area contributed by atoms with Gasteiger partial charge in [-0.1, -0.05) is 35.9 Å². The van der Waals surface area contributed by atoms with Crippen LogP contribution in [0.1, 0.15) is 12.5 Å². The minimum absolute atomic E-state index is 0.163. The molecule has 1 aromatic heterocycles. The molecule has 0 aliphatic carbocycles. The first-order valence-electron chi connectivity index (χ1n) is 6.40. The topological polar surface area (TPSA) is 30.2 Å². The number of fused-ring (bicyclic) bond motifs is 1. The van der Waals surface area contributed by atoms with Crippen molar-refractivity contribution in [1.82, 2.24) is 0 Å².